The molecule has 3 aliphatic heterocycles. The lowest BCUT2D eigenvalue weighted by molar-refractivity contribution is -0.161. The van der Waals surface area contributed by atoms with Gasteiger partial charge in [-0.3, -0.25) is 14.5 Å². The van der Waals surface area contributed by atoms with Crippen molar-refractivity contribution in [3.63, 3.8) is 0 Å². The first kappa shape index (κ1) is 27.0. The van der Waals surface area contributed by atoms with Crippen molar-refractivity contribution < 1.29 is 9.59 Å². The first-order chi connectivity index (χ1) is 19.9. The van der Waals surface area contributed by atoms with Gasteiger partial charge in [0.2, 0.25) is 11.8 Å². The molecule has 4 heterocycles. The number of aromatic amines is 1. The van der Waals surface area contributed by atoms with E-state index in [0.717, 1.165) is 63.7 Å². The fraction of sp³-hybridized carbons (Fsp3) is 0.312. The number of piperidine rings is 1. The molecular weight excluding hydrogens is 623 g/mol. The maximum atomic E-state index is 14.2. The molecule has 1 N–H and O–H groups in total. The van der Waals surface area contributed by atoms with Crippen LogP contribution in [-0.2, 0) is 22.6 Å². The second-order valence-electron chi connectivity index (χ2n) is 11.2. The quantitative estimate of drug-likeness (QED) is 0.271. The standard InChI is InChI=1S/C32H29BrCl2N4O2/c33-20-10-8-19(9-11-20)31-30-23(22-4-1-2-7-27(22)36-30)16-28-32(41)38(18-29(40)39(28)31)21-12-14-37(15-13-21)17-24-25(34)5-3-6-26(24)35/h1-11,21,28,31,36H,12-18H2/t28-,31-/m0/s1. The molecule has 7 rings (SSSR count). The molecule has 0 unspecified atom stereocenters. The third-order valence-electron chi connectivity index (χ3n) is 8.92. The van der Waals surface area contributed by atoms with E-state index >= 15 is 0 Å². The number of fused-ring (bicyclic) bond motifs is 4. The summed E-state index contributed by atoms with van der Waals surface area (Å²) in [5, 5.41) is 2.46. The molecule has 0 saturated carbocycles. The van der Waals surface area contributed by atoms with Crippen LogP contribution in [0.4, 0.5) is 0 Å². The number of halogens is 3. The highest BCUT2D eigenvalue weighted by Gasteiger charge is 2.49. The second kappa shape index (κ2) is 10.8. The van der Waals surface area contributed by atoms with Gasteiger partial charge in [-0.25, -0.2) is 0 Å². The van der Waals surface area contributed by atoms with Crippen LogP contribution in [0.3, 0.4) is 0 Å². The lowest BCUT2D eigenvalue weighted by Gasteiger charge is -2.49. The number of piperazine rings is 1. The van der Waals surface area contributed by atoms with Gasteiger partial charge in [0, 0.05) is 68.8 Å². The zero-order chi connectivity index (χ0) is 28.2. The van der Waals surface area contributed by atoms with Gasteiger partial charge in [-0.2, -0.15) is 0 Å². The Morgan fingerprint density at radius 1 is 0.902 bits per heavy atom. The summed E-state index contributed by atoms with van der Waals surface area (Å²) in [5.41, 5.74) is 5.09. The summed E-state index contributed by atoms with van der Waals surface area (Å²) in [5.74, 6) is 0.0485. The van der Waals surface area contributed by atoms with Crippen LogP contribution in [0.25, 0.3) is 10.9 Å². The summed E-state index contributed by atoms with van der Waals surface area (Å²) in [6.07, 6.45) is 2.13. The van der Waals surface area contributed by atoms with Gasteiger partial charge in [0.15, 0.2) is 0 Å². The summed E-state index contributed by atoms with van der Waals surface area (Å²) in [4.78, 5) is 37.8. The van der Waals surface area contributed by atoms with Crippen molar-refractivity contribution in [2.24, 2.45) is 0 Å². The van der Waals surface area contributed by atoms with Crippen molar-refractivity contribution in [3.05, 3.63) is 104 Å². The molecule has 0 bridgehead atoms. The Hall–Kier alpha value is -2.84. The number of hydrogen-bond donors (Lipinski definition) is 1. The maximum absolute atomic E-state index is 14.2. The topological polar surface area (TPSA) is 59.7 Å². The predicted molar refractivity (Wildman–Crippen MR) is 165 cm³/mol. The summed E-state index contributed by atoms with van der Waals surface area (Å²) < 4.78 is 0.973. The molecule has 0 radical (unpaired) electrons. The molecule has 210 valence electrons. The number of nitrogens with one attached hydrogen (secondary N) is 1. The van der Waals surface area contributed by atoms with Crippen LogP contribution in [0.5, 0.6) is 0 Å². The van der Waals surface area contributed by atoms with Crippen molar-refractivity contribution >= 4 is 61.8 Å². The first-order valence-corrected chi connectivity index (χ1v) is 15.6. The Labute approximate surface area is 257 Å². The van der Waals surface area contributed by atoms with Gasteiger partial charge in [0.25, 0.3) is 0 Å². The number of amides is 2. The van der Waals surface area contributed by atoms with Crippen LogP contribution < -0.4 is 0 Å². The van der Waals surface area contributed by atoms with Gasteiger partial charge in [-0.15, -0.1) is 0 Å². The highest BCUT2D eigenvalue weighted by atomic mass is 79.9. The SMILES string of the molecule is O=C1[C@@H]2Cc3c([nH]c4ccccc34)[C@H](c3ccc(Br)cc3)N2C(=O)CN1C1CCN(Cc2c(Cl)cccc2Cl)CC1. The lowest BCUT2D eigenvalue weighted by Crippen LogP contribution is -2.65. The lowest BCUT2D eigenvalue weighted by atomic mass is 9.85. The third-order valence-corrected chi connectivity index (χ3v) is 10.2. The van der Waals surface area contributed by atoms with E-state index in [1.54, 1.807) is 0 Å². The zero-order valence-electron chi connectivity index (χ0n) is 22.3. The normalized spacial score (nSPS) is 21.8. The number of benzene rings is 3. The van der Waals surface area contributed by atoms with E-state index in [1.165, 1.54) is 0 Å². The molecule has 41 heavy (non-hydrogen) atoms. The summed E-state index contributed by atoms with van der Waals surface area (Å²) in [7, 11) is 0. The summed E-state index contributed by atoms with van der Waals surface area (Å²) >= 11 is 16.4. The van der Waals surface area contributed by atoms with E-state index < -0.39 is 6.04 Å². The number of carbonyl (C=O) groups is 2. The Kier molecular flexibility index (Phi) is 7.10. The fourth-order valence-corrected chi connectivity index (χ4v) is 7.66. The zero-order valence-corrected chi connectivity index (χ0v) is 25.4. The molecule has 9 heteroatoms. The average molecular weight is 652 g/mol. The van der Waals surface area contributed by atoms with E-state index in [9.17, 15) is 9.59 Å². The minimum absolute atomic E-state index is 0.00268. The van der Waals surface area contributed by atoms with Gasteiger partial charge in [0.05, 0.1) is 6.04 Å². The molecular formula is C32H29BrCl2N4O2. The monoisotopic (exact) mass is 650 g/mol. The number of nitrogens with zero attached hydrogens (tertiary/aromatic N) is 3. The van der Waals surface area contributed by atoms with E-state index in [0.29, 0.717) is 23.0 Å². The number of aromatic nitrogens is 1. The van der Waals surface area contributed by atoms with Crippen molar-refractivity contribution in [1.82, 2.24) is 19.7 Å². The Morgan fingerprint density at radius 2 is 1.61 bits per heavy atom. The number of likely N-dealkylation sites (tertiary alicyclic amines) is 1. The molecule has 3 aromatic carbocycles. The fourth-order valence-electron chi connectivity index (χ4n) is 6.88. The van der Waals surface area contributed by atoms with E-state index in [-0.39, 0.29) is 30.4 Å². The smallest absolute Gasteiger partial charge is 0.246 e. The van der Waals surface area contributed by atoms with Gasteiger partial charge < -0.3 is 14.8 Å². The molecule has 4 aromatic rings. The summed E-state index contributed by atoms with van der Waals surface area (Å²) in [6.45, 7) is 2.41. The number of rotatable bonds is 4. The third kappa shape index (κ3) is 4.77. The maximum Gasteiger partial charge on any atom is 0.246 e. The number of hydrogen-bond acceptors (Lipinski definition) is 3. The van der Waals surface area contributed by atoms with E-state index in [2.05, 4.69) is 37.9 Å². The minimum Gasteiger partial charge on any atom is -0.356 e. The first-order valence-electron chi connectivity index (χ1n) is 14.0. The average Bonchev–Trinajstić information content (AvgIpc) is 3.35. The van der Waals surface area contributed by atoms with Crippen LogP contribution >= 0.6 is 39.1 Å². The molecule has 2 amide bonds. The molecule has 3 aliphatic rings. The largest absolute Gasteiger partial charge is 0.356 e. The second-order valence-corrected chi connectivity index (χ2v) is 12.9. The van der Waals surface area contributed by atoms with Crippen molar-refractivity contribution in [2.45, 2.75) is 43.9 Å². The molecule has 1 aromatic heterocycles. The number of para-hydroxylation sites is 1. The van der Waals surface area contributed by atoms with Crippen molar-refractivity contribution in [3.8, 4) is 0 Å². The Bertz CT molecular complexity index is 1630. The molecule has 6 nitrogen and oxygen atoms in total. The molecule has 2 atom stereocenters. The van der Waals surface area contributed by atoms with Gasteiger partial charge in [-0.1, -0.05) is 75.5 Å². The number of carbonyl (C=O) groups excluding carboxylic acids is 2. The van der Waals surface area contributed by atoms with Crippen LogP contribution in [0.2, 0.25) is 10.0 Å². The Balaban J connectivity index is 1.16. The van der Waals surface area contributed by atoms with Crippen LogP contribution in [0, 0.1) is 0 Å². The van der Waals surface area contributed by atoms with Crippen molar-refractivity contribution in [2.75, 3.05) is 19.6 Å². The Morgan fingerprint density at radius 3 is 2.34 bits per heavy atom. The minimum atomic E-state index is -0.531. The predicted octanol–water partition coefficient (Wildman–Crippen LogP) is 6.59. The molecule has 0 aliphatic carbocycles. The molecule has 2 fully saturated rings. The molecule has 0 spiro atoms. The van der Waals surface area contributed by atoms with Gasteiger partial charge in [0.1, 0.15) is 12.6 Å². The summed E-state index contributed by atoms with van der Waals surface area (Å²) in [6, 6.07) is 21.0. The van der Waals surface area contributed by atoms with Crippen LogP contribution in [0.15, 0.2) is 71.2 Å². The van der Waals surface area contributed by atoms with E-state index in [1.807, 2.05) is 64.4 Å². The number of H-pyrrole nitrogens is 1. The highest BCUT2D eigenvalue weighted by molar-refractivity contribution is 9.10. The van der Waals surface area contributed by atoms with E-state index in [4.69, 9.17) is 23.2 Å². The van der Waals surface area contributed by atoms with Gasteiger partial charge >= 0.3 is 0 Å². The molecule has 2 saturated heterocycles. The van der Waals surface area contributed by atoms with Gasteiger partial charge in [-0.05, 0) is 54.3 Å². The van der Waals surface area contributed by atoms with Crippen LogP contribution in [0.1, 0.15) is 41.3 Å². The van der Waals surface area contributed by atoms with Crippen molar-refractivity contribution in [1.29, 1.82) is 0 Å². The highest BCUT2D eigenvalue weighted by Crippen LogP contribution is 2.43. The van der Waals surface area contributed by atoms with Crippen LogP contribution in [-0.4, -0.2) is 63.2 Å².